The minimum atomic E-state index is -4.15. The van der Waals surface area contributed by atoms with E-state index in [1.165, 1.54) is 13.3 Å². The van der Waals surface area contributed by atoms with Gasteiger partial charge in [0.2, 0.25) is 0 Å². The fraction of sp³-hybridized carbons (Fsp3) is 0.417. The topological polar surface area (TPSA) is 163 Å². The molecule has 1 aromatic carbocycles. The molecule has 1 saturated heterocycles. The number of rotatable bonds is 10. The fourth-order valence-corrected chi connectivity index (χ4v) is 5.46. The van der Waals surface area contributed by atoms with E-state index < -0.39 is 31.5 Å². The first kappa shape index (κ1) is 26.6. The van der Waals surface area contributed by atoms with E-state index in [-0.39, 0.29) is 18.5 Å². The smallest absolute Gasteiger partial charge is 0.459 e. The highest BCUT2D eigenvalue weighted by molar-refractivity contribution is 7.52. The van der Waals surface area contributed by atoms with Crippen molar-refractivity contribution in [3.63, 3.8) is 0 Å². The molecule has 0 radical (unpaired) electrons. The number of carbonyl (C=O) groups excluding carboxylic acids is 1. The minimum Gasteiger partial charge on any atom is -0.462 e. The maximum absolute atomic E-state index is 13.8. The molecule has 4 rings (SSSR count). The normalized spacial score (nSPS) is 21.9. The van der Waals surface area contributed by atoms with Crippen molar-refractivity contribution >= 4 is 25.1 Å². The van der Waals surface area contributed by atoms with E-state index in [0.717, 1.165) is 0 Å². The van der Waals surface area contributed by atoms with Gasteiger partial charge in [0.15, 0.2) is 11.4 Å². The van der Waals surface area contributed by atoms with Crippen molar-refractivity contribution in [1.29, 1.82) is 5.26 Å². The average molecular weight is 529 g/mol. The molecule has 0 spiro atoms. The summed E-state index contributed by atoms with van der Waals surface area (Å²) >= 11 is 0. The molecule has 13 heteroatoms. The number of nitrogens with zero attached hydrogens (tertiary/aromatic N) is 4. The molecule has 4 atom stereocenters. The summed E-state index contributed by atoms with van der Waals surface area (Å²) in [6.45, 7) is 4.53. The van der Waals surface area contributed by atoms with Crippen LogP contribution in [0.2, 0.25) is 0 Å². The Morgan fingerprint density at radius 1 is 1.32 bits per heavy atom. The quantitative estimate of drug-likeness (QED) is 0.292. The predicted octanol–water partition coefficient (Wildman–Crippen LogP) is 3.56. The average Bonchev–Trinajstić information content (AvgIpc) is 3.49. The number of nitrogens with one attached hydrogen (secondary N) is 1. The molecule has 0 aliphatic carbocycles. The number of aromatic nitrogens is 3. The van der Waals surface area contributed by atoms with Crippen molar-refractivity contribution in [1.82, 2.24) is 19.7 Å². The van der Waals surface area contributed by atoms with Gasteiger partial charge < -0.3 is 19.7 Å². The molecule has 3 heterocycles. The lowest BCUT2D eigenvalue weighted by atomic mass is 10.0. The summed E-state index contributed by atoms with van der Waals surface area (Å²) in [6.07, 6.45) is 1.29. The number of fused-ring (bicyclic) bond motifs is 1. The van der Waals surface area contributed by atoms with Gasteiger partial charge in [0.25, 0.3) is 0 Å². The highest BCUT2D eigenvalue weighted by Crippen LogP contribution is 2.48. The molecule has 2 aromatic heterocycles. The molecule has 1 aliphatic rings. The fourth-order valence-electron chi connectivity index (χ4n) is 3.92. The van der Waals surface area contributed by atoms with Gasteiger partial charge in [-0.3, -0.25) is 9.32 Å². The Morgan fingerprint density at radius 2 is 2.08 bits per heavy atom. The van der Waals surface area contributed by atoms with E-state index in [0.29, 0.717) is 29.9 Å². The molecule has 0 unspecified atom stereocenters. The third kappa shape index (κ3) is 6.09. The molecule has 0 bridgehead atoms. The lowest BCUT2D eigenvalue weighted by Crippen LogP contribution is -2.38. The number of anilines is 1. The number of benzene rings is 1. The molecular weight excluding hydrogens is 499 g/mol. The maximum atomic E-state index is 13.8. The molecule has 37 heavy (non-hydrogen) atoms. The SMILES string of the molecule is CC(C)OC(=O)[C@H](C)N[P@](=O)(OC[C@]1(C#N)CC[C@H](c2ccc3c(N)ncnn23)O1)Oc1ccccc1. The Kier molecular flexibility index (Phi) is 7.80. The molecule has 0 amide bonds. The van der Waals surface area contributed by atoms with Crippen LogP contribution < -0.4 is 15.3 Å². The zero-order valence-electron chi connectivity index (χ0n) is 20.7. The Bertz CT molecular complexity index is 1340. The van der Waals surface area contributed by atoms with E-state index in [1.54, 1.807) is 54.8 Å². The van der Waals surface area contributed by atoms with Gasteiger partial charge >= 0.3 is 13.7 Å². The van der Waals surface area contributed by atoms with Gasteiger partial charge in [-0.2, -0.15) is 15.4 Å². The van der Waals surface area contributed by atoms with Gasteiger partial charge in [-0.1, -0.05) is 18.2 Å². The zero-order chi connectivity index (χ0) is 26.6. The molecule has 3 N–H and O–H groups in total. The molecule has 196 valence electrons. The molecule has 1 aliphatic heterocycles. The molecule has 1 fully saturated rings. The van der Waals surface area contributed by atoms with E-state index in [1.807, 2.05) is 6.07 Å². The second-order valence-electron chi connectivity index (χ2n) is 8.96. The van der Waals surface area contributed by atoms with Crippen molar-refractivity contribution in [3.05, 3.63) is 54.5 Å². The predicted molar refractivity (Wildman–Crippen MR) is 133 cm³/mol. The van der Waals surface area contributed by atoms with Gasteiger partial charge in [-0.05, 0) is 57.9 Å². The number of carbonyl (C=O) groups is 1. The van der Waals surface area contributed by atoms with Crippen LogP contribution in [0.4, 0.5) is 5.82 Å². The first-order valence-electron chi connectivity index (χ1n) is 11.8. The van der Waals surface area contributed by atoms with Crippen molar-refractivity contribution < 1.29 is 27.9 Å². The summed E-state index contributed by atoms with van der Waals surface area (Å²) in [7, 11) is -4.15. The monoisotopic (exact) mass is 528 g/mol. The van der Waals surface area contributed by atoms with Gasteiger partial charge in [0, 0.05) is 0 Å². The summed E-state index contributed by atoms with van der Waals surface area (Å²) in [4.78, 5) is 16.3. The van der Waals surface area contributed by atoms with E-state index in [9.17, 15) is 14.6 Å². The van der Waals surface area contributed by atoms with Crippen molar-refractivity contribution in [2.24, 2.45) is 0 Å². The lowest BCUT2D eigenvalue weighted by molar-refractivity contribution is -0.149. The van der Waals surface area contributed by atoms with Crippen molar-refractivity contribution in [2.75, 3.05) is 12.3 Å². The number of nitrogens with two attached hydrogens (primary N) is 1. The summed E-state index contributed by atoms with van der Waals surface area (Å²) in [5.41, 5.74) is 5.84. The van der Waals surface area contributed by atoms with Crippen LogP contribution >= 0.6 is 7.75 Å². The second-order valence-corrected chi connectivity index (χ2v) is 10.7. The van der Waals surface area contributed by atoms with Crippen LogP contribution in [0.15, 0.2) is 48.8 Å². The highest BCUT2D eigenvalue weighted by Gasteiger charge is 2.45. The lowest BCUT2D eigenvalue weighted by Gasteiger charge is -2.27. The van der Waals surface area contributed by atoms with Gasteiger partial charge in [-0.25, -0.2) is 14.1 Å². The largest absolute Gasteiger partial charge is 0.462 e. The standard InChI is InChI=1S/C24H29N6O6P/c1-16(2)34-23(31)17(3)29-37(32,36-18-7-5-4-6-8-18)33-14-24(13-25)12-11-21(35-24)19-9-10-20-22(26)27-15-28-30(19)20/h4-10,15-17,21H,11-12,14H2,1-3H3,(H,29,32)(H2,26,27,28)/t17-,21+,24+,37-/m0/s1. The van der Waals surface area contributed by atoms with Crippen LogP contribution in [-0.2, 0) is 23.4 Å². The number of nitriles is 1. The maximum Gasteiger partial charge on any atom is 0.459 e. The summed E-state index contributed by atoms with van der Waals surface area (Å²) < 4.78 is 38.1. The first-order valence-corrected chi connectivity index (χ1v) is 13.3. The van der Waals surface area contributed by atoms with Crippen LogP contribution in [0, 0.1) is 11.3 Å². The van der Waals surface area contributed by atoms with Crippen LogP contribution in [0.5, 0.6) is 5.75 Å². The van der Waals surface area contributed by atoms with E-state index >= 15 is 0 Å². The van der Waals surface area contributed by atoms with Gasteiger partial charge in [0.1, 0.15) is 42.4 Å². The van der Waals surface area contributed by atoms with Crippen molar-refractivity contribution in [2.45, 2.75) is 57.5 Å². The number of hydrogen-bond acceptors (Lipinski definition) is 10. The number of esters is 1. The molecule has 12 nitrogen and oxygen atoms in total. The third-order valence-electron chi connectivity index (χ3n) is 5.72. The van der Waals surface area contributed by atoms with E-state index in [2.05, 4.69) is 21.2 Å². The number of nitrogen functional groups attached to an aromatic ring is 1. The van der Waals surface area contributed by atoms with Gasteiger partial charge in [0.05, 0.1) is 11.8 Å². The summed E-state index contributed by atoms with van der Waals surface area (Å²) in [6, 6.07) is 13.1. The van der Waals surface area contributed by atoms with Gasteiger partial charge in [-0.15, -0.1) is 0 Å². The van der Waals surface area contributed by atoms with E-state index in [4.69, 9.17) is 24.3 Å². The van der Waals surface area contributed by atoms with Crippen LogP contribution in [0.3, 0.4) is 0 Å². The molecule has 0 saturated carbocycles. The highest BCUT2D eigenvalue weighted by atomic mass is 31.2. The van der Waals surface area contributed by atoms with Crippen LogP contribution in [-0.4, -0.2) is 44.9 Å². The minimum absolute atomic E-state index is 0.260. The zero-order valence-corrected chi connectivity index (χ0v) is 21.6. The number of ether oxygens (including phenoxy) is 2. The molecular formula is C24H29N6O6P. The van der Waals surface area contributed by atoms with Crippen LogP contribution in [0.1, 0.15) is 45.4 Å². The Hall–Kier alpha value is -3.49. The Balaban J connectivity index is 1.51. The Morgan fingerprint density at radius 3 is 2.78 bits per heavy atom. The number of hydrogen-bond donors (Lipinski definition) is 2. The first-order chi connectivity index (χ1) is 17.6. The van der Waals surface area contributed by atoms with Crippen LogP contribution in [0.25, 0.3) is 5.52 Å². The third-order valence-corrected chi connectivity index (χ3v) is 7.34. The summed E-state index contributed by atoms with van der Waals surface area (Å²) in [5, 5.41) is 16.9. The number of para-hydroxylation sites is 1. The second kappa shape index (κ2) is 10.9. The molecule has 3 aromatic rings. The summed E-state index contributed by atoms with van der Waals surface area (Å²) in [5.74, 6) is -0.0377. The van der Waals surface area contributed by atoms with Crippen molar-refractivity contribution in [3.8, 4) is 11.8 Å². The Labute approximate surface area is 214 Å².